The average Bonchev–Trinajstić information content (AvgIpc) is 3.18. The van der Waals surface area contributed by atoms with Crippen molar-refractivity contribution in [1.29, 1.82) is 0 Å². The fourth-order valence-corrected chi connectivity index (χ4v) is 4.51. The van der Waals surface area contributed by atoms with Gasteiger partial charge >= 0.3 is 0 Å². The van der Waals surface area contributed by atoms with Crippen LogP contribution in [0.15, 0.2) is 64.8 Å². The van der Waals surface area contributed by atoms with Gasteiger partial charge in [0.15, 0.2) is 0 Å². The third-order valence-electron chi connectivity index (χ3n) is 5.06. The molecule has 0 saturated carbocycles. The van der Waals surface area contributed by atoms with Gasteiger partial charge in [0.05, 0.1) is 32.1 Å². The van der Waals surface area contributed by atoms with Crippen molar-refractivity contribution >= 4 is 33.7 Å². The van der Waals surface area contributed by atoms with Crippen LogP contribution in [0.3, 0.4) is 0 Å². The summed E-state index contributed by atoms with van der Waals surface area (Å²) in [4.78, 5) is 31.7. The van der Waals surface area contributed by atoms with Gasteiger partial charge in [-0.25, -0.2) is 10.4 Å². The Kier molecular flexibility index (Phi) is 6.50. The van der Waals surface area contributed by atoms with Crippen molar-refractivity contribution in [1.82, 2.24) is 15.0 Å². The monoisotopic (exact) mass is 462 g/mol. The van der Waals surface area contributed by atoms with Gasteiger partial charge in [-0.3, -0.25) is 14.2 Å². The van der Waals surface area contributed by atoms with Crippen molar-refractivity contribution in [2.75, 3.05) is 14.2 Å². The number of methoxy groups -OCH3 is 2. The van der Waals surface area contributed by atoms with Gasteiger partial charge in [-0.2, -0.15) is 5.10 Å². The Morgan fingerprint density at radius 3 is 2.70 bits per heavy atom. The van der Waals surface area contributed by atoms with Crippen molar-refractivity contribution < 1.29 is 14.3 Å². The molecule has 8 nitrogen and oxygen atoms in total. The highest BCUT2D eigenvalue weighted by molar-refractivity contribution is 7.19. The van der Waals surface area contributed by atoms with Crippen LogP contribution in [0, 0.1) is 6.92 Å². The van der Waals surface area contributed by atoms with Crippen LogP contribution in [0.25, 0.3) is 21.3 Å². The molecule has 33 heavy (non-hydrogen) atoms. The second-order valence-electron chi connectivity index (χ2n) is 7.16. The summed E-state index contributed by atoms with van der Waals surface area (Å²) in [5, 5.41) is 4.51. The topological polar surface area (TPSA) is 94.8 Å². The molecule has 0 unspecified atom stereocenters. The van der Waals surface area contributed by atoms with Crippen molar-refractivity contribution in [2.24, 2.45) is 5.10 Å². The lowest BCUT2D eigenvalue weighted by molar-refractivity contribution is -0.121. The number of carbonyl (C=O) groups is 1. The molecule has 0 atom stereocenters. The number of aromatic nitrogens is 2. The first-order valence-electron chi connectivity index (χ1n) is 10.1. The molecule has 0 aliphatic carbocycles. The van der Waals surface area contributed by atoms with Gasteiger partial charge < -0.3 is 9.47 Å². The van der Waals surface area contributed by atoms with E-state index in [1.165, 1.54) is 28.4 Å². The van der Waals surface area contributed by atoms with E-state index in [1.807, 2.05) is 37.3 Å². The molecule has 0 aliphatic rings. The number of nitrogens with one attached hydrogen (secondary N) is 1. The van der Waals surface area contributed by atoms with E-state index in [9.17, 15) is 9.59 Å². The number of amides is 1. The number of hydrazone groups is 1. The van der Waals surface area contributed by atoms with E-state index in [2.05, 4.69) is 15.5 Å². The standard InChI is InChI=1S/C24H22N4O4S/c1-15-21(16-7-5-4-6-8-16)22-23(33-15)25-14-28(24(22)30)13-20(29)27-26-12-17-11-18(31-2)9-10-19(17)32-3/h4-12,14H,13H2,1-3H3,(H,27,29). The number of fused-ring (bicyclic) bond motifs is 1. The van der Waals surface area contributed by atoms with E-state index < -0.39 is 5.91 Å². The maximum absolute atomic E-state index is 13.2. The van der Waals surface area contributed by atoms with Gasteiger partial charge in [0.2, 0.25) is 0 Å². The summed E-state index contributed by atoms with van der Waals surface area (Å²) in [6, 6.07) is 14.9. The minimum absolute atomic E-state index is 0.211. The first-order valence-corrected chi connectivity index (χ1v) is 10.9. The summed E-state index contributed by atoms with van der Waals surface area (Å²) < 4.78 is 11.8. The van der Waals surface area contributed by atoms with Crippen molar-refractivity contribution in [3.8, 4) is 22.6 Å². The molecule has 9 heteroatoms. The molecular weight excluding hydrogens is 440 g/mol. The number of carbonyl (C=O) groups excluding carboxylic acids is 1. The lowest BCUT2D eigenvalue weighted by Gasteiger charge is -2.07. The van der Waals surface area contributed by atoms with Gasteiger partial charge in [0, 0.05) is 16.0 Å². The minimum atomic E-state index is -0.454. The van der Waals surface area contributed by atoms with Crippen LogP contribution in [0.1, 0.15) is 10.4 Å². The van der Waals surface area contributed by atoms with E-state index in [-0.39, 0.29) is 12.1 Å². The number of ether oxygens (including phenoxy) is 2. The molecule has 2 heterocycles. The smallest absolute Gasteiger partial charge is 0.263 e. The average molecular weight is 463 g/mol. The highest BCUT2D eigenvalue weighted by Crippen LogP contribution is 2.35. The fraction of sp³-hybridized carbons (Fsp3) is 0.167. The third-order valence-corrected chi connectivity index (χ3v) is 6.07. The first kappa shape index (κ1) is 22.2. The van der Waals surface area contributed by atoms with Crippen LogP contribution < -0.4 is 20.5 Å². The number of benzene rings is 2. The Bertz CT molecular complexity index is 1390. The molecule has 4 rings (SSSR count). The van der Waals surface area contributed by atoms with Gasteiger partial charge in [-0.1, -0.05) is 30.3 Å². The predicted molar refractivity (Wildman–Crippen MR) is 129 cm³/mol. The Balaban J connectivity index is 1.56. The predicted octanol–water partition coefficient (Wildman–Crippen LogP) is 3.60. The SMILES string of the molecule is COc1ccc(OC)c(C=NNC(=O)Cn2cnc3sc(C)c(-c4ccccc4)c3c2=O)c1. The maximum Gasteiger partial charge on any atom is 0.263 e. The summed E-state index contributed by atoms with van der Waals surface area (Å²) in [7, 11) is 3.11. The number of aryl methyl sites for hydroxylation is 1. The lowest BCUT2D eigenvalue weighted by Crippen LogP contribution is -2.30. The van der Waals surface area contributed by atoms with E-state index in [0.29, 0.717) is 27.3 Å². The largest absolute Gasteiger partial charge is 0.497 e. The molecular formula is C24H22N4O4S. The molecule has 168 valence electrons. The number of nitrogens with zero attached hydrogens (tertiary/aromatic N) is 3. The summed E-state index contributed by atoms with van der Waals surface area (Å²) in [6.07, 6.45) is 2.85. The van der Waals surface area contributed by atoms with Crippen LogP contribution in [-0.2, 0) is 11.3 Å². The fourth-order valence-electron chi connectivity index (χ4n) is 3.51. The van der Waals surface area contributed by atoms with Crippen LogP contribution in [0.2, 0.25) is 0 Å². The molecule has 1 N–H and O–H groups in total. The van der Waals surface area contributed by atoms with Crippen LogP contribution in [0.5, 0.6) is 11.5 Å². The van der Waals surface area contributed by atoms with Crippen molar-refractivity contribution in [3.63, 3.8) is 0 Å². The third kappa shape index (κ3) is 4.63. The molecule has 1 amide bonds. The molecule has 4 aromatic rings. The summed E-state index contributed by atoms with van der Waals surface area (Å²) >= 11 is 1.46. The highest BCUT2D eigenvalue weighted by atomic mass is 32.1. The molecule has 0 bridgehead atoms. The zero-order valence-electron chi connectivity index (χ0n) is 18.4. The van der Waals surface area contributed by atoms with Gasteiger partial charge in [-0.05, 0) is 30.7 Å². The van der Waals surface area contributed by atoms with Crippen molar-refractivity contribution in [3.05, 3.63) is 75.7 Å². The van der Waals surface area contributed by atoms with Gasteiger partial charge in [0.25, 0.3) is 11.5 Å². The zero-order valence-corrected chi connectivity index (χ0v) is 19.2. The maximum atomic E-state index is 13.2. The summed E-state index contributed by atoms with van der Waals surface area (Å²) in [5.74, 6) is 0.764. The van der Waals surface area contributed by atoms with E-state index >= 15 is 0 Å². The molecule has 0 radical (unpaired) electrons. The molecule has 0 saturated heterocycles. The van der Waals surface area contributed by atoms with Gasteiger partial charge in [0.1, 0.15) is 22.9 Å². The Morgan fingerprint density at radius 2 is 1.97 bits per heavy atom. The quantitative estimate of drug-likeness (QED) is 0.335. The van der Waals surface area contributed by atoms with Gasteiger partial charge in [-0.15, -0.1) is 11.3 Å². The highest BCUT2D eigenvalue weighted by Gasteiger charge is 2.17. The number of hydrogen-bond donors (Lipinski definition) is 1. The second-order valence-corrected chi connectivity index (χ2v) is 8.36. The molecule has 0 spiro atoms. The molecule has 2 aromatic heterocycles. The first-order chi connectivity index (χ1) is 16.0. The minimum Gasteiger partial charge on any atom is -0.497 e. The lowest BCUT2D eigenvalue weighted by atomic mass is 10.0. The number of rotatable bonds is 7. The van der Waals surface area contributed by atoms with Crippen LogP contribution in [-0.4, -0.2) is 35.9 Å². The Labute approximate surface area is 194 Å². The van der Waals surface area contributed by atoms with E-state index in [0.717, 1.165) is 16.0 Å². The normalized spacial score (nSPS) is 11.1. The van der Waals surface area contributed by atoms with E-state index in [1.54, 1.807) is 32.4 Å². The molecule has 2 aromatic carbocycles. The van der Waals surface area contributed by atoms with E-state index in [4.69, 9.17) is 9.47 Å². The zero-order chi connectivity index (χ0) is 23.4. The Hall–Kier alpha value is -3.98. The molecule has 0 aliphatic heterocycles. The summed E-state index contributed by atoms with van der Waals surface area (Å²) in [5.41, 5.74) is 4.61. The van der Waals surface area contributed by atoms with Crippen LogP contribution >= 0.6 is 11.3 Å². The Morgan fingerprint density at radius 1 is 1.18 bits per heavy atom. The summed E-state index contributed by atoms with van der Waals surface area (Å²) in [6.45, 7) is 1.75. The second kappa shape index (κ2) is 9.66. The number of thiophene rings is 1. The van der Waals surface area contributed by atoms with Crippen LogP contribution in [0.4, 0.5) is 0 Å². The van der Waals surface area contributed by atoms with Crippen molar-refractivity contribution in [2.45, 2.75) is 13.5 Å². The molecule has 0 fully saturated rings. The number of hydrogen-bond acceptors (Lipinski definition) is 7.